The van der Waals surface area contributed by atoms with E-state index in [-0.39, 0.29) is 23.1 Å². The molecule has 1 amide bonds. The molecule has 0 saturated carbocycles. The van der Waals surface area contributed by atoms with Gasteiger partial charge >= 0.3 is 5.97 Å². The number of amides is 1. The van der Waals surface area contributed by atoms with Crippen molar-refractivity contribution in [3.63, 3.8) is 0 Å². The molecule has 1 heterocycles. The van der Waals surface area contributed by atoms with Crippen molar-refractivity contribution >= 4 is 35.4 Å². The first-order chi connectivity index (χ1) is 15.0. The molecule has 0 aliphatic carbocycles. The molecule has 1 aliphatic rings. The lowest BCUT2D eigenvalue weighted by atomic mass is 10.2. The van der Waals surface area contributed by atoms with Gasteiger partial charge in [0.2, 0.25) is 0 Å². The minimum atomic E-state index is -1.12. The van der Waals surface area contributed by atoms with Gasteiger partial charge < -0.3 is 24.2 Å². The molecule has 0 spiro atoms. The van der Waals surface area contributed by atoms with Gasteiger partial charge in [0.1, 0.15) is 0 Å². The van der Waals surface area contributed by atoms with Gasteiger partial charge in [-0.1, -0.05) is 11.6 Å². The molecule has 31 heavy (non-hydrogen) atoms. The highest BCUT2D eigenvalue weighted by Crippen LogP contribution is 2.28. The van der Waals surface area contributed by atoms with Crippen LogP contribution >= 0.6 is 11.6 Å². The number of carbonyl (C=O) groups is 2. The normalized spacial score (nSPS) is 13.8. The van der Waals surface area contributed by atoms with Crippen LogP contribution in [0.2, 0.25) is 5.02 Å². The van der Waals surface area contributed by atoms with E-state index in [9.17, 15) is 9.59 Å². The number of anilines is 1. The summed E-state index contributed by atoms with van der Waals surface area (Å²) in [5, 5.41) is 13.4. The largest absolute Gasteiger partial charge is 0.493 e. The fourth-order valence-electron chi connectivity index (χ4n) is 2.87. The number of rotatable bonds is 8. The molecule has 1 saturated heterocycles. The number of ether oxygens (including phenoxy) is 3. The van der Waals surface area contributed by atoms with Gasteiger partial charge in [-0.2, -0.15) is 5.10 Å². The predicted octanol–water partition coefficient (Wildman–Crippen LogP) is 2.73. The zero-order valence-electron chi connectivity index (χ0n) is 16.8. The van der Waals surface area contributed by atoms with Crippen molar-refractivity contribution in [2.24, 2.45) is 5.10 Å². The first kappa shape index (κ1) is 22.4. The summed E-state index contributed by atoms with van der Waals surface area (Å²) < 4.78 is 16.2. The van der Waals surface area contributed by atoms with Crippen LogP contribution in [0.15, 0.2) is 41.5 Å². The average molecular weight is 448 g/mol. The van der Waals surface area contributed by atoms with E-state index < -0.39 is 5.97 Å². The SMILES string of the molecule is COc1cc(/C=N/Nc2ccc(Cl)c(C(=O)O)c2)ccc1OCC(=O)N1CCOCC1. The molecule has 2 N–H and O–H groups in total. The smallest absolute Gasteiger partial charge is 0.337 e. The molecular formula is C21H22ClN3O6. The van der Waals surface area contributed by atoms with E-state index in [1.165, 1.54) is 19.2 Å². The molecule has 9 nitrogen and oxygen atoms in total. The summed E-state index contributed by atoms with van der Waals surface area (Å²) in [6.45, 7) is 2.09. The molecule has 3 rings (SSSR count). The van der Waals surface area contributed by atoms with Gasteiger partial charge in [0.25, 0.3) is 5.91 Å². The fraction of sp³-hybridized carbons (Fsp3) is 0.286. The van der Waals surface area contributed by atoms with Gasteiger partial charge in [-0.05, 0) is 42.0 Å². The number of carboxylic acid groups (broad SMARTS) is 1. The Labute approximate surface area is 184 Å². The minimum absolute atomic E-state index is 0.0170. The Bertz CT molecular complexity index is 976. The standard InChI is InChI=1S/C21H22ClN3O6/c1-29-19-10-14(12-23-24-15-3-4-17(22)16(11-15)21(27)28)2-5-18(19)31-13-20(26)25-6-8-30-9-7-25/h2-5,10-12,24H,6-9,13H2,1H3,(H,27,28)/b23-12+. The second-order valence-corrected chi connectivity index (χ2v) is 6.97. The molecule has 2 aromatic rings. The summed E-state index contributed by atoms with van der Waals surface area (Å²) in [5.74, 6) is -0.328. The van der Waals surface area contributed by atoms with Crippen LogP contribution in [0.3, 0.4) is 0 Å². The molecule has 1 aliphatic heterocycles. The number of hydrogen-bond acceptors (Lipinski definition) is 7. The molecule has 0 bridgehead atoms. The number of halogens is 1. The Morgan fingerprint density at radius 1 is 1.23 bits per heavy atom. The zero-order valence-corrected chi connectivity index (χ0v) is 17.6. The Kier molecular flexibility index (Phi) is 7.69. The van der Waals surface area contributed by atoms with Crippen LogP contribution in [0.5, 0.6) is 11.5 Å². The topological polar surface area (TPSA) is 110 Å². The van der Waals surface area contributed by atoms with Crippen LogP contribution in [0.25, 0.3) is 0 Å². The number of benzene rings is 2. The Hall–Kier alpha value is -3.30. The maximum Gasteiger partial charge on any atom is 0.337 e. The number of carboxylic acids is 1. The summed E-state index contributed by atoms with van der Waals surface area (Å²) in [5.41, 5.74) is 3.93. The predicted molar refractivity (Wildman–Crippen MR) is 116 cm³/mol. The van der Waals surface area contributed by atoms with Crippen molar-refractivity contribution in [3.05, 3.63) is 52.5 Å². The summed E-state index contributed by atoms with van der Waals surface area (Å²) in [6.07, 6.45) is 1.54. The van der Waals surface area contributed by atoms with Gasteiger partial charge in [-0.3, -0.25) is 10.2 Å². The zero-order chi connectivity index (χ0) is 22.2. The Morgan fingerprint density at radius 2 is 2.00 bits per heavy atom. The van der Waals surface area contributed by atoms with Crippen molar-refractivity contribution in [3.8, 4) is 11.5 Å². The van der Waals surface area contributed by atoms with E-state index in [0.717, 1.165) is 0 Å². The van der Waals surface area contributed by atoms with E-state index >= 15 is 0 Å². The molecule has 0 atom stereocenters. The van der Waals surface area contributed by atoms with Gasteiger partial charge in [-0.25, -0.2) is 4.79 Å². The highest BCUT2D eigenvalue weighted by molar-refractivity contribution is 6.33. The second kappa shape index (κ2) is 10.6. The van der Waals surface area contributed by atoms with Gasteiger partial charge in [0.05, 0.1) is 42.8 Å². The van der Waals surface area contributed by atoms with Gasteiger partial charge in [0.15, 0.2) is 18.1 Å². The van der Waals surface area contributed by atoms with E-state index in [4.69, 9.17) is 30.9 Å². The first-order valence-corrected chi connectivity index (χ1v) is 9.84. The van der Waals surface area contributed by atoms with Crippen LogP contribution in [-0.2, 0) is 9.53 Å². The number of hydrazone groups is 1. The monoisotopic (exact) mass is 447 g/mol. The maximum atomic E-state index is 12.2. The van der Waals surface area contributed by atoms with Crippen LogP contribution in [0.4, 0.5) is 5.69 Å². The lowest BCUT2D eigenvalue weighted by Gasteiger charge is -2.26. The lowest BCUT2D eigenvalue weighted by molar-refractivity contribution is -0.137. The van der Waals surface area contributed by atoms with Crippen LogP contribution in [0.1, 0.15) is 15.9 Å². The number of aromatic carboxylic acids is 1. The Morgan fingerprint density at radius 3 is 2.71 bits per heavy atom. The van der Waals surface area contributed by atoms with Crippen LogP contribution in [-0.4, -0.2) is 68.1 Å². The Balaban J connectivity index is 1.61. The van der Waals surface area contributed by atoms with Crippen molar-refractivity contribution in [1.29, 1.82) is 0 Å². The number of nitrogens with zero attached hydrogens (tertiary/aromatic N) is 2. The average Bonchev–Trinajstić information content (AvgIpc) is 2.79. The molecule has 1 fully saturated rings. The van der Waals surface area contributed by atoms with E-state index in [1.807, 2.05) is 0 Å². The van der Waals surface area contributed by atoms with Crippen molar-refractivity contribution < 1.29 is 28.9 Å². The second-order valence-electron chi connectivity index (χ2n) is 6.56. The molecule has 0 radical (unpaired) electrons. The number of morpholine rings is 1. The maximum absolute atomic E-state index is 12.2. The summed E-state index contributed by atoms with van der Waals surface area (Å²) in [6, 6.07) is 9.66. The number of hydrogen-bond donors (Lipinski definition) is 2. The molecule has 0 unspecified atom stereocenters. The van der Waals surface area contributed by atoms with Gasteiger partial charge in [-0.15, -0.1) is 0 Å². The van der Waals surface area contributed by atoms with Crippen molar-refractivity contribution in [2.45, 2.75) is 0 Å². The third kappa shape index (κ3) is 6.09. The van der Waals surface area contributed by atoms with Crippen LogP contribution in [0, 0.1) is 0 Å². The van der Waals surface area contributed by atoms with E-state index in [2.05, 4.69) is 10.5 Å². The van der Waals surface area contributed by atoms with Gasteiger partial charge in [0, 0.05) is 13.1 Å². The van der Waals surface area contributed by atoms with Crippen molar-refractivity contribution in [2.75, 3.05) is 45.4 Å². The first-order valence-electron chi connectivity index (χ1n) is 9.46. The fourth-order valence-corrected chi connectivity index (χ4v) is 3.07. The number of methoxy groups -OCH3 is 1. The molecule has 2 aromatic carbocycles. The summed E-state index contributed by atoms with van der Waals surface area (Å²) >= 11 is 5.86. The lowest BCUT2D eigenvalue weighted by Crippen LogP contribution is -2.43. The molecule has 164 valence electrons. The quantitative estimate of drug-likeness (QED) is 0.473. The molecule has 0 aromatic heterocycles. The molecular weight excluding hydrogens is 426 g/mol. The third-order valence-electron chi connectivity index (χ3n) is 4.51. The van der Waals surface area contributed by atoms with Crippen LogP contribution < -0.4 is 14.9 Å². The summed E-state index contributed by atoms with van der Waals surface area (Å²) in [4.78, 5) is 25.1. The highest BCUT2D eigenvalue weighted by Gasteiger charge is 2.18. The molecule has 10 heteroatoms. The minimum Gasteiger partial charge on any atom is -0.493 e. The third-order valence-corrected chi connectivity index (χ3v) is 4.84. The summed E-state index contributed by atoms with van der Waals surface area (Å²) in [7, 11) is 1.51. The highest BCUT2D eigenvalue weighted by atomic mass is 35.5. The van der Waals surface area contributed by atoms with E-state index in [1.54, 1.807) is 35.4 Å². The number of nitrogens with one attached hydrogen (secondary N) is 1. The number of carbonyl (C=O) groups excluding carboxylic acids is 1. The van der Waals surface area contributed by atoms with E-state index in [0.29, 0.717) is 49.1 Å². The van der Waals surface area contributed by atoms with Crippen molar-refractivity contribution in [1.82, 2.24) is 4.90 Å².